The number of dihydropyridines is 1. The summed E-state index contributed by atoms with van der Waals surface area (Å²) in [6.07, 6.45) is 7.79. The van der Waals surface area contributed by atoms with E-state index in [0.717, 1.165) is 55.1 Å². The molecule has 2 aliphatic rings. The number of hydrogen-bond acceptors (Lipinski definition) is 7. The molecule has 1 fully saturated rings. The van der Waals surface area contributed by atoms with Crippen molar-refractivity contribution >= 4 is 17.0 Å². The van der Waals surface area contributed by atoms with Crippen molar-refractivity contribution in [1.82, 2.24) is 15.2 Å². The van der Waals surface area contributed by atoms with E-state index >= 15 is 0 Å². The first-order valence-corrected chi connectivity index (χ1v) is 11.7. The zero-order valence-corrected chi connectivity index (χ0v) is 19.6. The van der Waals surface area contributed by atoms with Crippen LogP contribution in [0.5, 0.6) is 0 Å². The summed E-state index contributed by atoms with van der Waals surface area (Å²) in [5, 5.41) is 15.5. The number of pyridine rings is 1. The highest BCUT2D eigenvalue weighted by molar-refractivity contribution is 5.87. The monoisotopic (exact) mass is 449 g/mol. The molecule has 176 valence electrons. The molecule has 33 heavy (non-hydrogen) atoms. The summed E-state index contributed by atoms with van der Waals surface area (Å²) in [5.74, 6) is 1.28. The fourth-order valence-corrected chi connectivity index (χ4v) is 4.56. The third-order valence-corrected chi connectivity index (χ3v) is 6.20. The molecule has 3 heterocycles. The minimum Gasteiger partial charge on any atom is -0.395 e. The Morgan fingerprint density at radius 3 is 2.76 bits per heavy atom. The Hall–Kier alpha value is -2.71. The van der Waals surface area contributed by atoms with Crippen molar-refractivity contribution in [3.05, 3.63) is 71.1 Å². The van der Waals surface area contributed by atoms with Gasteiger partial charge in [-0.2, -0.15) is 0 Å². The summed E-state index contributed by atoms with van der Waals surface area (Å²) < 4.78 is 5.59. The maximum absolute atomic E-state index is 9.08. The van der Waals surface area contributed by atoms with Crippen molar-refractivity contribution in [3.8, 4) is 0 Å². The van der Waals surface area contributed by atoms with Crippen LogP contribution in [0.3, 0.4) is 0 Å². The number of aliphatic hydroxyl groups is 1. The van der Waals surface area contributed by atoms with Crippen LogP contribution in [0.15, 0.2) is 48.8 Å². The van der Waals surface area contributed by atoms with Crippen molar-refractivity contribution < 1.29 is 9.84 Å². The molecule has 1 unspecified atom stereocenters. The Labute approximate surface area is 196 Å². The number of aromatic nitrogens is 1. The van der Waals surface area contributed by atoms with E-state index in [0.29, 0.717) is 12.5 Å². The average Bonchev–Trinajstić information content (AvgIpc) is 2.83. The van der Waals surface area contributed by atoms with Gasteiger partial charge in [0.2, 0.25) is 0 Å². The number of nitrogens with one attached hydrogen (secondary N) is 2. The Kier molecular flexibility index (Phi) is 7.77. The predicted octanol–water partition coefficient (Wildman–Crippen LogP) is 2.75. The van der Waals surface area contributed by atoms with E-state index in [1.54, 1.807) is 6.20 Å². The van der Waals surface area contributed by atoms with Crippen LogP contribution in [0.2, 0.25) is 0 Å². The van der Waals surface area contributed by atoms with Gasteiger partial charge in [-0.3, -0.25) is 0 Å². The molecule has 0 saturated carbocycles. The largest absolute Gasteiger partial charge is 0.395 e. The van der Waals surface area contributed by atoms with Crippen LogP contribution in [0, 0.1) is 0 Å². The number of benzene rings is 1. The molecule has 2 aromatic rings. The summed E-state index contributed by atoms with van der Waals surface area (Å²) in [5.41, 5.74) is 13.5. The highest BCUT2D eigenvalue weighted by atomic mass is 16.5. The van der Waals surface area contributed by atoms with Crippen molar-refractivity contribution in [3.63, 3.8) is 0 Å². The lowest BCUT2D eigenvalue weighted by molar-refractivity contribution is 0.0850. The van der Waals surface area contributed by atoms with Gasteiger partial charge in [0.1, 0.15) is 12.0 Å². The molecule has 7 heteroatoms. The van der Waals surface area contributed by atoms with E-state index in [1.165, 1.54) is 16.7 Å². The Bertz CT molecular complexity index is 1010. The molecule has 0 radical (unpaired) electrons. The fraction of sp³-hybridized carbons (Fsp3) is 0.423. The van der Waals surface area contributed by atoms with Crippen LogP contribution < -0.4 is 16.4 Å². The van der Waals surface area contributed by atoms with Gasteiger partial charge >= 0.3 is 0 Å². The van der Waals surface area contributed by atoms with Gasteiger partial charge in [0.05, 0.1) is 6.61 Å². The first-order chi connectivity index (χ1) is 16.0. The third-order valence-electron chi connectivity index (χ3n) is 6.20. The highest BCUT2D eigenvalue weighted by Gasteiger charge is 2.21. The van der Waals surface area contributed by atoms with E-state index in [9.17, 15) is 0 Å². The number of aliphatic hydroxyl groups excluding tert-OH is 1. The van der Waals surface area contributed by atoms with E-state index in [2.05, 4.69) is 58.9 Å². The van der Waals surface area contributed by atoms with Crippen LogP contribution in [0.1, 0.15) is 41.0 Å². The maximum atomic E-state index is 9.08. The summed E-state index contributed by atoms with van der Waals surface area (Å²) in [6, 6.07) is 10.8. The number of hydrogen-bond donors (Lipinski definition) is 4. The summed E-state index contributed by atoms with van der Waals surface area (Å²) >= 11 is 0. The third kappa shape index (κ3) is 5.81. The molecule has 0 aliphatic carbocycles. The number of nitrogens with two attached hydrogens (primary N) is 1. The molecule has 1 atom stereocenters. The van der Waals surface area contributed by atoms with Crippen LogP contribution in [0.25, 0.3) is 11.1 Å². The van der Waals surface area contributed by atoms with E-state index in [1.807, 2.05) is 18.3 Å². The Morgan fingerprint density at radius 1 is 1.18 bits per heavy atom. The molecule has 7 nitrogen and oxygen atoms in total. The lowest BCUT2D eigenvalue weighted by Gasteiger charge is -2.27. The number of allylic oxidation sites excluding steroid dienone is 2. The lowest BCUT2D eigenvalue weighted by Crippen LogP contribution is -2.37. The van der Waals surface area contributed by atoms with E-state index < -0.39 is 0 Å². The van der Waals surface area contributed by atoms with Gasteiger partial charge in [-0.25, -0.2) is 4.98 Å². The van der Waals surface area contributed by atoms with Crippen molar-refractivity contribution in [2.45, 2.75) is 31.5 Å². The van der Waals surface area contributed by atoms with E-state index in [-0.39, 0.29) is 12.8 Å². The molecule has 0 amide bonds. The molecule has 0 bridgehead atoms. The number of rotatable bonds is 8. The SMILES string of the molecule is CN(C)Cc1cc(C2=CNC(N)C(c3ccnc(NCCO)c3)=C2)ccc1C1CCOCC1. The smallest absolute Gasteiger partial charge is 0.126 e. The second-order valence-electron chi connectivity index (χ2n) is 8.96. The summed E-state index contributed by atoms with van der Waals surface area (Å²) in [4.78, 5) is 6.56. The number of nitrogens with zero attached hydrogens (tertiary/aromatic N) is 2. The zero-order chi connectivity index (χ0) is 23.2. The van der Waals surface area contributed by atoms with Gasteiger partial charge < -0.3 is 31.1 Å². The van der Waals surface area contributed by atoms with Gasteiger partial charge in [0.25, 0.3) is 0 Å². The van der Waals surface area contributed by atoms with Crippen molar-refractivity contribution in [2.75, 3.05) is 45.8 Å². The van der Waals surface area contributed by atoms with Gasteiger partial charge in [-0.05, 0) is 90.5 Å². The average molecular weight is 450 g/mol. The molecular formula is C26H35N5O2. The van der Waals surface area contributed by atoms with Crippen LogP contribution in [-0.4, -0.2) is 61.6 Å². The minimum absolute atomic E-state index is 0.0573. The van der Waals surface area contributed by atoms with Crippen molar-refractivity contribution in [1.29, 1.82) is 0 Å². The Morgan fingerprint density at radius 2 is 2.00 bits per heavy atom. The van der Waals surface area contributed by atoms with E-state index in [4.69, 9.17) is 15.6 Å². The normalized spacial score (nSPS) is 19.1. The topological polar surface area (TPSA) is 95.7 Å². The van der Waals surface area contributed by atoms with Gasteiger partial charge in [0, 0.05) is 38.7 Å². The number of ether oxygens (including phenoxy) is 1. The molecule has 2 aliphatic heterocycles. The molecule has 1 saturated heterocycles. The fourth-order valence-electron chi connectivity index (χ4n) is 4.56. The van der Waals surface area contributed by atoms with Crippen LogP contribution in [0.4, 0.5) is 5.82 Å². The molecule has 4 rings (SSSR count). The van der Waals surface area contributed by atoms with Crippen LogP contribution in [-0.2, 0) is 11.3 Å². The molecule has 5 N–H and O–H groups in total. The Balaban J connectivity index is 1.64. The maximum Gasteiger partial charge on any atom is 0.126 e. The first kappa shape index (κ1) is 23.4. The second kappa shape index (κ2) is 10.9. The minimum atomic E-state index is -0.301. The number of anilines is 1. The van der Waals surface area contributed by atoms with Crippen molar-refractivity contribution in [2.24, 2.45) is 5.73 Å². The van der Waals surface area contributed by atoms with Gasteiger partial charge in [0.15, 0.2) is 0 Å². The second-order valence-corrected chi connectivity index (χ2v) is 8.96. The first-order valence-electron chi connectivity index (χ1n) is 11.7. The predicted molar refractivity (Wildman–Crippen MR) is 134 cm³/mol. The quantitative estimate of drug-likeness (QED) is 0.492. The van der Waals surface area contributed by atoms with Gasteiger partial charge in [-0.15, -0.1) is 0 Å². The highest BCUT2D eigenvalue weighted by Crippen LogP contribution is 2.33. The zero-order valence-electron chi connectivity index (χ0n) is 19.6. The molecular weight excluding hydrogens is 414 g/mol. The standard InChI is InChI=1S/C26H35N5O2/c1-31(2)17-22-13-19(3-4-23(22)18-6-11-33-12-7-18)21-14-24(26(27)30-16-21)20-5-8-28-25(15-20)29-9-10-32/h3-5,8,13-16,18,26,30,32H,6-7,9-12,17,27H2,1-2H3,(H,28,29). The summed E-state index contributed by atoms with van der Waals surface area (Å²) in [6.45, 7) is 3.10. The molecule has 0 spiro atoms. The lowest BCUT2D eigenvalue weighted by atomic mass is 9.86. The molecule has 1 aromatic heterocycles. The van der Waals surface area contributed by atoms with Crippen LogP contribution >= 0.6 is 0 Å². The van der Waals surface area contributed by atoms with Gasteiger partial charge in [-0.1, -0.05) is 12.1 Å². The summed E-state index contributed by atoms with van der Waals surface area (Å²) in [7, 11) is 4.23. The molecule has 1 aromatic carbocycles.